The summed E-state index contributed by atoms with van der Waals surface area (Å²) in [7, 11) is 0. The second-order valence-electron chi connectivity index (χ2n) is 4.85. The maximum atomic E-state index is 12.2. The molecule has 9 heteroatoms. The SMILES string of the molecule is Cc1cc(=O)[nH]c(-n2nc(C)cc2NC(=O)c2ccc(Br)o2)n1. The lowest BCUT2D eigenvalue weighted by Gasteiger charge is -2.07. The Morgan fingerprint density at radius 1 is 1.30 bits per heavy atom. The molecule has 0 atom stereocenters. The first kappa shape index (κ1) is 15.2. The van der Waals surface area contributed by atoms with Crippen molar-refractivity contribution in [2.24, 2.45) is 0 Å². The van der Waals surface area contributed by atoms with Crippen LogP contribution in [-0.4, -0.2) is 25.7 Å². The summed E-state index contributed by atoms with van der Waals surface area (Å²) in [6, 6.07) is 6.20. The number of nitrogens with one attached hydrogen (secondary N) is 2. The number of amides is 1. The van der Waals surface area contributed by atoms with Crippen LogP contribution in [0.2, 0.25) is 0 Å². The Kier molecular flexibility index (Phi) is 3.87. The van der Waals surface area contributed by atoms with Gasteiger partial charge in [-0.05, 0) is 41.9 Å². The standard InChI is InChI=1S/C14H12BrN5O3/c1-7-6-12(21)18-14(16-7)20-11(5-8(2)19-20)17-13(22)9-3-4-10(15)23-9/h3-6H,1-2H3,(H,17,22)(H,16,18,21). The fourth-order valence-electron chi connectivity index (χ4n) is 2.03. The zero-order chi connectivity index (χ0) is 16.6. The number of hydrogen-bond acceptors (Lipinski definition) is 5. The molecule has 2 N–H and O–H groups in total. The van der Waals surface area contributed by atoms with Crippen molar-refractivity contribution in [1.82, 2.24) is 19.7 Å². The number of aromatic amines is 1. The zero-order valence-corrected chi connectivity index (χ0v) is 13.8. The van der Waals surface area contributed by atoms with Gasteiger partial charge in [0, 0.05) is 17.8 Å². The number of nitrogens with zero attached hydrogens (tertiary/aromatic N) is 3. The minimum atomic E-state index is -0.438. The van der Waals surface area contributed by atoms with Crippen LogP contribution in [-0.2, 0) is 0 Å². The second-order valence-corrected chi connectivity index (χ2v) is 5.63. The topological polar surface area (TPSA) is 106 Å². The van der Waals surface area contributed by atoms with Crippen molar-refractivity contribution in [3.8, 4) is 5.95 Å². The quantitative estimate of drug-likeness (QED) is 0.727. The fourth-order valence-corrected chi connectivity index (χ4v) is 2.33. The minimum absolute atomic E-state index is 0.146. The third-order valence-corrected chi connectivity index (χ3v) is 3.35. The number of rotatable bonds is 3. The van der Waals surface area contributed by atoms with Gasteiger partial charge in [-0.1, -0.05) is 0 Å². The Morgan fingerprint density at radius 3 is 2.74 bits per heavy atom. The maximum Gasteiger partial charge on any atom is 0.292 e. The van der Waals surface area contributed by atoms with E-state index in [1.807, 2.05) is 0 Å². The molecule has 0 bridgehead atoms. The van der Waals surface area contributed by atoms with Crippen LogP contribution in [0.3, 0.4) is 0 Å². The van der Waals surface area contributed by atoms with Gasteiger partial charge in [0.15, 0.2) is 10.4 Å². The van der Waals surface area contributed by atoms with Gasteiger partial charge in [0.1, 0.15) is 5.82 Å². The van der Waals surface area contributed by atoms with Gasteiger partial charge in [-0.2, -0.15) is 9.78 Å². The van der Waals surface area contributed by atoms with Gasteiger partial charge in [0.25, 0.3) is 11.5 Å². The van der Waals surface area contributed by atoms with E-state index in [0.717, 1.165) is 0 Å². The Hall–Kier alpha value is -2.68. The molecule has 0 aliphatic carbocycles. The summed E-state index contributed by atoms with van der Waals surface area (Å²) in [5.41, 5.74) is 0.905. The first-order valence-corrected chi connectivity index (χ1v) is 7.43. The molecule has 0 saturated heterocycles. The molecular formula is C14H12BrN5O3. The summed E-state index contributed by atoms with van der Waals surface area (Å²) in [6.45, 7) is 3.47. The predicted molar refractivity (Wildman–Crippen MR) is 85.8 cm³/mol. The molecule has 118 valence electrons. The van der Waals surface area contributed by atoms with Gasteiger partial charge in [0.05, 0.1) is 5.69 Å². The highest BCUT2D eigenvalue weighted by molar-refractivity contribution is 9.10. The molecule has 0 radical (unpaired) electrons. The first-order valence-electron chi connectivity index (χ1n) is 6.64. The van der Waals surface area contributed by atoms with Crippen LogP contribution in [0.15, 0.2) is 38.1 Å². The van der Waals surface area contributed by atoms with Gasteiger partial charge in [-0.15, -0.1) is 0 Å². The summed E-state index contributed by atoms with van der Waals surface area (Å²) >= 11 is 3.14. The van der Waals surface area contributed by atoms with Crippen LogP contribution in [0.1, 0.15) is 21.9 Å². The number of furan rings is 1. The number of aromatic nitrogens is 4. The highest BCUT2D eigenvalue weighted by Gasteiger charge is 2.16. The Labute approximate surface area is 138 Å². The van der Waals surface area contributed by atoms with Gasteiger partial charge < -0.3 is 9.73 Å². The largest absolute Gasteiger partial charge is 0.444 e. The van der Waals surface area contributed by atoms with Crippen molar-refractivity contribution < 1.29 is 9.21 Å². The van der Waals surface area contributed by atoms with Crippen LogP contribution >= 0.6 is 15.9 Å². The molecule has 1 amide bonds. The number of aryl methyl sites for hydroxylation is 2. The van der Waals surface area contributed by atoms with Crippen LogP contribution in [0.5, 0.6) is 0 Å². The lowest BCUT2D eigenvalue weighted by atomic mass is 10.4. The molecule has 3 heterocycles. The van der Waals surface area contributed by atoms with E-state index in [-0.39, 0.29) is 17.3 Å². The molecule has 0 unspecified atom stereocenters. The molecule has 0 aromatic carbocycles. The van der Waals surface area contributed by atoms with E-state index >= 15 is 0 Å². The van der Waals surface area contributed by atoms with Crippen LogP contribution in [0, 0.1) is 13.8 Å². The van der Waals surface area contributed by atoms with E-state index in [2.05, 4.69) is 36.3 Å². The van der Waals surface area contributed by atoms with Crippen molar-refractivity contribution in [2.45, 2.75) is 13.8 Å². The number of halogens is 1. The average molecular weight is 378 g/mol. The molecule has 0 spiro atoms. The lowest BCUT2D eigenvalue weighted by molar-refractivity contribution is 0.0994. The molecular weight excluding hydrogens is 366 g/mol. The van der Waals surface area contributed by atoms with Gasteiger partial charge in [-0.3, -0.25) is 14.6 Å². The van der Waals surface area contributed by atoms with E-state index < -0.39 is 5.91 Å². The predicted octanol–water partition coefficient (Wildman–Crippen LogP) is 2.18. The Morgan fingerprint density at radius 2 is 2.09 bits per heavy atom. The molecule has 0 saturated carbocycles. The molecule has 0 fully saturated rings. The van der Waals surface area contributed by atoms with E-state index in [0.29, 0.717) is 21.9 Å². The smallest absolute Gasteiger partial charge is 0.292 e. The number of carbonyl (C=O) groups is 1. The molecule has 8 nitrogen and oxygen atoms in total. The molecule has 0 aliphatic heterocycles. The normalized spacial score (nSPS) is 10.7. The summed E-state index contributed by atoms with van der Waals surface area (Å²) in [6.07, 6.45) is 0. The van der Waals surface area contributed by atoms with Crippen LogP contribution in [0.25, 0.3) is 5.95 Å². The second kappa shape index (κ2) is 5.84. The summed E-state index contributed by atoms with van der Waals surface area (Å²) in [5, 5.41) is 6.93. The Balaban J connectivity index is 1.97. The van der Waals surface area contributed by atoms with Gasteiger partial charge in [0.2, 0.25) is 5.95 Å². The number of hydrogen-bond donors (Lipinski definition) is 2. The maximum absolute atomic E-state index is 12.2. The van der Waals surface area contributed by atoms with Crippen molar-refractivity contribution >= 4 is 27.7 Å². The first-order chi connectivity index (χ1) is 10.9. The van der Waals surface area contributed by atoms with Crippen LogP contribution in [0.4, 0.5) is 5.82 Å². The van der Waals surface area contributed by atoms with Crippen LogP contribution < -0.4 is 10.9 Å². The number of carbonyl (C=O) groups excluding carboxylic acids is 1. The third-order valence-electron chi connectivity index (χ3n) is 2.93. The number of H-pyrrole nitrogens is 1. The van der Waals surface area contributed by atoms with Gasteiger partial charge in [-0.25, -0.2) is 4.98 Å². The van der Waals surface area contributed by atoms with E-state index in [1.54, 1.807) is 32.0 Å². The zero-order valence-electron chi connectivity index (χ0n) is 12.3. The summed E-state index contributed by atoms with van der Waals surface area (Å²) in [4.78, 5) is 30.6. The monoisotopic (exact) mass is 377 g/mol. The van der Waals surface area contributed by atoms with Gasteiger partial charge >= 0.3 is 0 Å². The Bertz CT molecular complexity index is 940. The van der Waals surface area contributed by atoms with E-state index in [1.165, 1.54) is 10.7 Å². The molecule has 3 aromatic heterocycles. The fraction of sp³-hybridized carbons (Fsp3) is 0.143. The van der Waals surface area contributed by atoms with Crippen molar-refractivity contribution in [2.75, 3.05) is 5.32 Å². The van der Waals surface area contributed by atoms with E-state index in [9.17, 15) is 9.59 Å². The molecule has 3 aromatic rings. The average Bonchev–Trinajstić information content (AvgIpc) is 3.04. The lowest BCUT2D eigenvalue weighted by Crippen LogP contribution is -2.18. The van der Waals surface area contributed by atoms with Crippen molar-refractivity contribution in [3.05, 3.63) is 56.4 Å². The summed E-state index contributed by atoms with van der Waals surface area (Å²) in [5.74, 6) is 0.299. The number of anilines is 1. The van der Waals surface area contributed by atoms with E-state index in [4.69, 9.17) is 4.42 Å². The molecule has 23 heavy (non-hydrogen) atoms. The highest BCUT2D eigenvalue weighted by atomic mass is 79.9. The summed E-state index contributed by atoms with van der Waals surface area (Å²) < 4.78 is 7.03. The molecule has 3 rings (SSSR count). The van der Waals surface area contributed by atoms with Crippen molar-refractivity contribution in [3.63, 3.8) is 0 Å². The minimum Gasteiger partial charge on any atom is -0.444 e. The van der Waals surface area contributed by atoms with Crippen molar-refractivity contribution in [1.29, 1.82) is 0 Å². The molecule has 0 aliphatic rings. The highest BCUT2D eigenvalue weighted by Crippen LogP contribution is 2.18. The third kappa shape index (κ3) is 3.24.